The second-order valence-electron chi connectivity index (χ2n) is 7.16. The maximum atomic E-state index is 2.54. The third-order valence-corrected chi connectivity index (χ3v) is 5.85. The summed E-state index contributed by atoms with van der Waals surface area (Å²) in [6.45, 7) is 7.56. The standard InChI is InChI=1S/C17H24/c1-16(2)14-9-10-17(3,12-14)15(16)11-13-7-5-4-6-8-13/h4-8,14-15H,9-12H2,1-3H3. The first-order valence-electron chi connectivity index (χ1n) is 7.06. The van der Waals surface area contributed by atoms with Crippen LogP contribution in [0.25, 0.3) is 0 Å². The number of fused-ring (bicyclic) bond motifs is 2. The topological polar surface area (TPSA) is 0 Å². The van der Waals surface area contributed by atoms with Crippen LogP contribution in [0.2, 0.25) is 0 Å². The lowest BCUT2D eigenvalue weighted by Crippen LogP contribution is -2.36. The summed E-state index contributed by atoms with van der Waals surface area (Å²) < 4.78 is 0. The van der Waals surface area contributed by atoms with Crippen molar-refractivity contribution < 1.29 is 0 Å². The third-order valence-electron chi connectivity index (χ3n) is 5.85. The van der Waals surface area contributed by atoms with Crippen LogP contribution >= 0.6 is 0 Å². The fourth-order valence-corrected chi connectivity index (χ4v) is 4.76. The van der Waals surface area contributed by atoms with Crippen molar-refractivity contribution in [2.75, 3.05) is 0 Å². The quantitative estimate of drug-likeness (QED) is 0.688. The molecule has 92 valence electrons. The first-order valence-corrected chi connectivity index (χ1v) is 7.06. The lowest BCUT2D eigenvalue weighted by molar-refractivity contribution is 0.0748. The predicted octanol–water partition coefficient (Wildman–Crippen LogP) is 4.69. The minimum Gasteiger partial charge on any atom is -0.0622 e. The van der Waals surface area contributed by atoms with Crippen molar-refractivity contribution in [1.29, 1.82) is 0 Å². The minimum atomic E-state index is 0.544. The van der Waals surface area contributed by atoms with Crippen LogP contribution in [0, 0.1) is 22.7 Å². The average Bonchev–Trinajstić information content (AvgIpc) is 2.77. The highest BCUT2D eigenvalue weighted by Gasteiger charge is 2.58. The molecule has 3 atom stereocenters. The largest absolute Gasteiger partial charge is 0.0622 e. The fraction of sp³-hybridized carbons (Fsp3) is 0.647. The Morgan fingerprint density at radius 1 is 1.12 bits per heavy atom. The van der Waals surface area contributed by atoms with Gasteiger partial charge in [-0.25, -0.2) is 0 Å². The Balaban J connectivity index is 1.88. The molecule has 0 saturated heterocycles. The predicted molar refractivity (Wildman–Crippen MR) is 72.9 cm³/mol. The molecule has 0 aliphatic heterocycles. The van der Waals surface area contributed by atoms with Gasteiger partial charge in [-0.3, -0.25) is 0 Å². The van der Waals surface area contributed by atoms with Gasteiger partial charge in [0.15, 0.2) is 0 Å². The number of hydrogen-bond acceptors (Lipinski definition) is 0. The fourth-order valence-electron chi connectivity index (χ4n) is 4.76. The van der Waals surface area contributed by atoms with Crippen LogP contribution in [0.1, 0.15) is 45.6 Å². The van der Waals surface area contributed by atoms with E-state index < -0.39 is 0 Å². The monoisotopic (exact) mass is 228 g/mol. The lowest BCUT2D eigenvalue weighted by atomic mass is 9.62. The van der Waals surface area contributed by atoms with E-state index in [1.165, 1.54) is 31.2 Å². The smallest absolute Gasteiger partial charge is 0.0240 e. The number of hydrogen-bond donors (Lipinski definition) is 0. The van der Waals surface area contributed by atoms with E-state index in [-0.39, 0.29) is 0 Å². The van der Waals surface area contributed by atoms with Crippen LogP contribution in [-0.4, -0.2) is 0 Å². The Hall–Kier alpha value is -0.780. The van der Waals surface area contributed by atoms with Gasteiger partial charge < -0.3 is 0 Å². The van der Waals surface area contributed by atoms with Gasteiger partial charge in [0.1, 0.15) is 0 Å². The summed E-state index contributed by atoms with van der Waals surface area (Å²) in [5, 5.41) is 0. The molecule has 0 radical (unpaired) electrons. The van der Waals surface area contributed by atoms with Crippen LogP contribution in [0.3, 0.4) is 0 Å². The Morgan fingerprint density at radius 2 is 1.82 bits per heavy atom. The summed E-state index contributed by atoms with van der Waals surface area (Å²) >= 11 is 0. The molecule has 3 rings (SSSR count). The molecule has 2 fully saturated rings. The highest BCUT2D eigenvalue weighted by atomic mass is 14.6. The first kappa shape index (κ1) is 11.3. The van der Waals surface area contributed by atoms with E-state index in [0.717, 1.165) is 11.8 Å². The molecule has 1 aromatic rings. The maximum absolute atomic E-state index is 2.54. The van der Waals surface area contributed by atoms with Gasteiger partial charge >= 0.3 is 0 Å². The van der Waals surface area contributed by atoms with Gasteiger partial charge in [0.2, 0.25) is 0 Å². The summed E-state index contributed by atoms with van der Waals surface area (Å²) in [5.41, 5.74) is 2.69. The molecule has 0 heteroatoms. The third kappa shape index (κ3) is 1.64. The van der Waals surface area contributed by atoms with Gasteiger partial charge in [-0.1, -0.05) is 51.1 Å². The second-order valence-corrected chi connectivity index (χ2v) is 7.16. The van der Waals surface area contributed by atoms with Gasteiger partial charge in [0.25, 0.3) is 0 Å². The number of rotatable bonds is 2. The molecule has 17 heavy (non-hydrogen) atoms. The molecule has 2 bridgehead atoms. The van der Waals surface area contributed by atoms with Crippen molar-refractivity contribution in [3.05, 3.63) is 35.9 Å². The van der Waals surface area contributed by atoms with Gasteiger partial charge in [-0.05, 0) is 53.9 Å². The minimum absolute atomic E-state index is 0.544. The number of benzene rings is 1. The highest BCUT2D eigenvalue weighted by Crippen LogP contribution is 2.66. The molecule has 2 saturated carbocycles. The zero-order chi connectivity index (χ0) is 12.1. The van der Waals surface area contributed by atoms with Gasteiger partial charge in [-0.2, -0.15) is 0 Å². The molecule has 0 nitrogen and oxygen atoms in total. The second kappa shape index (κ2) is 3.60. The first-order chi connectivity index (χ1) is 8.02. The normalized spacial score (nSPS) is 38.5. The molecule has 2 aliphatic carbocycles. The molecular weight excluding hydrogens is 204 g/mol. The summed E-state index contributed by atoms with van der Waals surface area (Å²) in [6, 6.07) is 11.1. The molecule has 2 aliphatic rings. The van der Waals surface area contributed by atoms with Crippen LogP contribution in [0.15, 0.2) is 30.3 Å². The van der Waals surface area contributed by atoms with Crippen molar-refractivity contribution in [3.63, 3.8) is 0 Å². The zero-order valence-corrected chi connectivity index (χ0v) is 11.4. The van der Waals surface area contributed by atoms with Crippen LogP contribution in [0.4, 0.5) is 0 Å². The molecule has 0 heterocycles. The van der Waals surface area contributed by atoms with Crippen LogP contribution < -0.4 is 0 Å². The Morgan fingerprint density at radius 3 is 2.41 bits per heavy atom. The Labute approximate surface area is 105 Å². The van der Waals surface area contributed by atoms with Crippen molar-refractivity contribution in [2.45, 2.75) is 46.5 Å². The maximum Gasteiger partial charge on any atom is -0.0240 e. The van der Waals surface area contributed by atoms with Gasteiger partial charge in [0.05, 0.1) is 0 Å². The zero-order valence-electron chi connectivity index (χ0n) is 11.4. The summed E-state index contributed by atoms with van der Waals surface area (Å²) in [6.07, 6.45) is 5.67. The molecule has 1 aromatic carbocycles. The average molecular weight is 228 g/mol. The Bertz CT molecular complexity index is 399. The molecule has 0 spiro atoms. The van der Waals surface area contributed by atoms with Gasteiger partial charge in [-0.15, -0.1) is 0 Å². The molecule has 0 N–H and O–H groups in total. The van der Waals surface area contributed by atoms with Crippen molar-refractivity contribution in [1.82, 2.24) is 0 Å². The van der Waals surface area contributed by atoms with Crippen molar-refractivity contribution in [3.8, 4) is 0 Å². The lowest BCUT2D eigenvalue weighted by Gasteiger charge is -2.43. The van der Waals surface area contributed by atoms with Crippen molar-refractivity contribution in [2.24, 2.45) is 22.7 Å². The van der Waals surface area contributed by atoms with Crippen LogP contribution in [-0.2, 0) is 6.42 Å². The van der Waals surface area contributed by atoms with E-state index in [1.807, 2.05) is 0 Å². The summed E-state index contributed by atoms with van der Waals surface area (Å²) in [5.74, 6) is 1.84. The van der Waals surface area contributed by atoms with Crippen molar-refractivity contribution >= 4 is 0 Å². The summed E-state index contributed by atoms with van der Waals surface area (Å²) in [7, 11) is 0. The SMILES string of the molecule is CC12CCC(C1)C(C)(C)C2Cc1ccccc1. The van der Waals surface area contributed by atoms with E-state index in [4.69, 9.17) is 0 Å². The molecular formula is C17H24. The van der Waals surface area contributed by atoms with E-state index >= 15 is 0 Å². The molecule has 3 unspecified atom stereocenters. The van der Waals surface area contributed by atoms with E-state index in [0.29, 0.717) is 10.8 Å². The highest BCUT2D eigenvalue weighted by molar-refractivity contribution is 5.19. The molecule has 0 amide bonds. The Kier molecular flexibility index (Phi) is 2.40. The molecule has 0 aromatic heterocycles. The van der Waals surface area contributed by atoms with E-state index in [9.17, 15) is 0 Å². The van der Waals surface area contributed by atoms with E-state index in [2.05, 4.69) is 51.1 Å². The van der Waals surface area contributed by atoms with Crippen LogP contribution in [0.5, 0.6) is 0 Å². The van der Waals surface area contributed by atoms with Gasteiger partial charge in [0, 0.05) is 0 Å². The van der Waals surface area contributed by atoms with E-state index in [1.54, 1.807) is 0 Å². The summed E-state index contributed by atoms with van der Waals surface area (Å²) in [4.78, 5) is 0.